The highest BCUT2D eigenvalue weighted by molar-refractivity contribution is 7.93. The minimum atomic E-state index is -4.03. The summed E-state index contributed by atoms with van der Waals surface area (Å²) in [6.07, 6.45) is 0.435. The summed E-state index contributed by atoms with van der Waals surface area (Å²) in [4.78, 5) is 25.2. The number of fused-ring (bicyclic) bond motifs is 1. The number of carbonyl (C=O) groups excluding carboxylic acids is 2. The van der Waals surface area contributed by atoms with E-state index in [9.17, 15) is 18.0 Å². The van der Waals surface area contributed by atoms with Crippen LogP contribution in [0.1, 0.15) is 39.6 Å². The number of para-hydroxylation sites is 1. The largest absolute Gasteiger partial charge is 0.495 e. The normalized spacial score (nSPS) is 14.1. The zero-order valence-corrected chi connectivity index (χ0v) is 19.7. The number of anilines is 1. The van der Waals surface area contributed by atoms with E-state index in [1.54, 1.807) is 42.5 Å². The number of rotatable bonds is 7. The van der Waals surface area contributed by atoms with E-state index < -0.39 is 22.1 Å². The molecule has 34 heavy (non-hydrogen) atoms. The monoisotopic (exact) mass is 479 g/mol. The number of ether oxygens (including phenoxy) is 2. The highest BCUT2D eigenvalue weighted by atomic mass is 32.2. The topological polar surface area (TPSA) is 90.0 Å². The lowest BCUT2D eigenvalue weighted by Crippen LogP contribution is -2.35. The fourth-order valence-electron chi connectivity index (χ4n) is 3.99. The summed E-state index contributed by atoms with van der Waals surface area (Å²) < 4.78 is 39.3. The maximum Gasteiger partial charge on any atom is 0.338 e. The zero-order chi connectivity index (χ0) is 24.3. The van der Waals surface area contributed by atoms with Gasteiger partial charge in [-0.15, -0.1) is 0 Å². The number of ketones is 1. The average Bonchev–Trinajstić information content (AvgIpc) is 2.87. The second-order valence-corrected chi connectivity index (χ2v) is 9.78. The van der Waals surface area contributed by atoms with Crippen molar-refractivity contribution in [2.24, 2.45) is 0 Å². The lowest BCUT2D eigenvalue weighted by molar-refractivity contribution is 0.0318. The van der Waals surface area contributed by atoms with Crippen molar-refractivity contribution in [3.8, 4) is 5.75 Å². The molecule has 8 heteroatoms. The first-order chi connectivity index (χ1) is 16.3. The Morgan fingerprint density at radius 2 is 1.65 bits per heavy atom. The maximum absolute atomic E-state index is 13.7. The van der Waals surface area contributed by atoms with Crippen LogP contribution in [0, 0.1) is 0 Å². The standard InChI is InChI=1S/C26H25NO6S/c1-18(25(28)20-10-4-3-5-11-20)33-26(29)21-14-15-23(32-2)24(17-21)34(30,31)27-16-8-12-19-9-6-7-13-22(19)27/h3-7,9-11,13-15,17-18H,8,12,16H2,1-2H3. The molecule has 7 nitrogen and oxygen atoms in total. The number of benzene rings is 3. The molecule has 1 aliphatic heterocycles. The first-order valence-corrected chi connectivity index (χ1v) is 12.4. The molecular formula is C26H25NO6S. The highest BCUT2D eigenvalue weighted by Crippen LogP contribution is 2.35. The summed E-state index contributed by atoms with van der Waals surface area (Å²) in [6.45, 7) is 1.80. The number of Topliss-reactive ketones (excluding diaryl/α,β-unsaturated/α-hetero) is 1. The Bertz CT molecular complexity index is 1320. The molecule has 0 fully saturated rings. The molecule has 3 aromatic rings. The van der Waals surface area contributed by atoms with Crippen LogP contribution in [0.25, 0.3) is 0 Å². The maximum atomic E-state index is 13.7. The molecule has 0 aromatic heterocycles. The third-order valence-corrected chi connectivity index (χ3v) is 7.58. The van der Waals surface area contributed by atoms with E-state index in [2.05, 4.69) is 0 Å². The Labute approximate surface area is 199 Å². The summed E-state index contributed by atoms with van der Waals surface area (Å²) in [5.41, 5.74) is 1.99. The number of aryl methyl sites for hydroxylation is 1. The van der Waals surface area contributed by atoms with Gasteiger partial charge in [-0.05, 0) is 49.6 Å². The molecular weight excluding hydrogens is 454 g/mol. The van der Waals surface area contributed by atoms with Crippen molar-refractivity contribution in [3.05, 3.63) is 89.5 Å². The van der Waals surface area contributed by atoms with Crippen molar-refractivity contribution in [2.45, 2.75) is 30.8 Å². The van der Waals surface area contributed by atoms with Crippen LogP contribution in [0.15, 0.2) is 77.7 Å². The third kappa shape index (κ3) is 4.54. The van der Waals surface area contributed by atoms with Crippen LogP contribution in [0.4, 0.5) is 5.69 Å². The molecule has 1 aliphatic rings. The molecule has 0 bridgehead atoms. The highest BCUT2D eigenvalue weighted by Gasteiger charge is 2.32. The Hall–Kier alpha value is -3.65. The van der Waals surface area contributed by atoms with Gasteiger partial charge >= 0.3 is 5.97 Å². The summed E-state index contributed by atoms with van der Waals surface area (Å²) in [5.74, 6) is -1.02. The van der Waals surface area contributed by atoms with Gasteiger partial charge < -0.3 is 9.47 Å². The second-order valence-electron chi connectivity index (χ2n) is 7.95. The molecule has 0 N–H and O–H groups in total. The third-order valence-electron chi connectivity index (χ3n) is 5.75. The van der Waals surface area contributed by atoms with Crippen molar-refractivity contribution in [2.75, 3.05) is 18.0 Å². The Morgan fingerprint density at radius 3 is 2.38 bits per heavy atom. The van der Waals surface area contributed by atoms with E-state index in [-0.39, 0.29) is 22.0 Å². The lowest BCUT2D eigenvalue weighted by Gasteiger charge is -2.31. The van der Waals surface area contributed by atoms with E-state index in [0.717, 1.165) is 12.0 Å². The van der Waals surface area contributed by atoms with Crippen molar-refractivity contribution >= 4 is 27.5 Å². The van der Waals surface area contributed by atoms with Gasteiger partial charge in [-0.2, -0.15) is 0 Å². The molecule has 176 valence electrons. The number of sulfonamides is 1. The molecule has 0 aliphatic carbocycles. The molecule has 0 saturated heterocycles. The quantitative estimate of drug-likeness (QED) is 0.371. The van der Waals surface area contributed by atoms with E-state index in [1.165, 1.54) is 36.5 Å². The molecule has 4 rings (SSSR count). The minimum absolute atomic E-state index is 0.0115. The molecule has 0 amide bonds. The zero-order valence-electron chi connectivity index (χ0n) is 18.9. The smallest absolute Gasteiger partial charge is 0.338 e. The number of nitrogens with zero attached hydrogens (tertiary/aromatic N) is 1. The number of carbonyl (C=O) groups is 2. The fourth-order valence-corrected chi connectivity index (χ4v) is 5.72. The van der Waals surface area contributed by atoms with Gasteiger partial charge in [0.1, 0.15) is 10.6 Å². The van der Waals surface area contributed by atoms with Gasteiger partial charge in [0.15, 0.2) is 6.10 Å². The van der Waals surface area contributed by atoms with Gasteiger partial charge in [-0.25, -0.2) is 13.2 Å². The Balaban J connectivity index is 1.63. The molecule has 3 aromatic carbocycles. The van der Waals surface area contributed by atoms with Crippen LogP contribution in [-0.2, 0) is 21.2 Å². The first kappa shape index (κ1) is 23.5. The van der Waals surface area contributed by atoms with Gasteiger partial charge in [0, 0.05) is 12.1 Å². The summed E-state index contributed by atoms with van der Waals surface area (Å²) >= 11 is 0. The number of esters is 1. The number of hydrogen-bond acceptors (Lipinski definition) is 6. The van der Waals surface area contributed by atoms with Crippen molar-refractivity contribution < 1.29 is 27.5 Å². The Morgan fingerprint density at radius 1 is 0.941 bits per heavy atom. The van der Waals surface area contributed by atoms with E-state index >= 15 is 0 Å². The van der Waals surface area contributed by atoms with Crippen molar-refractivity contribution in [1.29, 1.82) is 0 Å². The second kappa shape index (κ2) is 9.69. The predicted molar refractivity (Wildman–Crippen MR) is 128 cm³/mol. The summed E-state index contributed by atoms with van der Waals surface area (Å²) in [5, 5.41) is 0. The average molecular weight is 480 g/mol. The fraction of sp³-hybridized carbons (Fsp3) is 0.231. The van der Waals surface area contributed by atoms with Crippen LogP contribution in [-0.4, -0.2) is 39.9 Å². The van der Waals surface area contributed by atoms with Crippen LogP contribution >= 0.6 is 0 Å². The molecule has 0 saturated carbocycles. The van der Waals surface area contributed by atoms with Crippen LogP contribution < -0.4 is 9.04 Å². The SMILES string of the molecule is COc1ccc(C(=O)OC(C)C(=O)c2ccccc2)cc1S(=O)(=O)N1CCCc2ccccc21. The molecule has 0 spiro atoms. The molecule has 1 unspecified atom stereocenters. The van der Waals surface area contributed by atoms with Crippen LogP contribution in [0.2, 0.25) is 0 Å². The van der Waals surface area contributed by atoms with Crippen LogP contribution in [0.3, 0.4) is 0 Å². The molecule has 1 heterocycles. The predicted octanol–water partition coefficient (Wildman–Crippen LogP) is 4.26. The van der Waals surface area contributed by atoms with Crippen molar-refractivity contribution in [1.82, 2.24) is 0 Å². The first-order valence-electron chi connectivity index (χ1n) is 10.9. The van der Waals surface area contributed by atoms with Crippen LogP contribution in [0.5, 0.6) is 5.75 Å². The minimum Gasteiger partial charge on any atom is -0.495 e. The van der Waals surface area contributed by atoms with Gasteiger partial charge in [0.25, 0.3) is 10.0 Å². The van der Waals surface area contributed by atoms with E-state index in [4.69, 9.17) is 9.47 Å². The van der Waals surface area contributed by atoms with E-state index in [1.807, 2.05) is 12.1 Å². The van der Waals surface area contributed by atoms with Gasteiger partial charge in [-0.3, -0.25) is 9.10 Å². The summed E-state index contributed by atoms with van der Waals surface area (Å²) in [7, 11) is -2.66. The van der Waals surface area contributed by atoms with Crippen molar-refractivity contribution in [3.63, 3.8) is 0 Å². The molecule has 0 radical (unpaired) electrons. The van der Waals surface area contributed by atoms with Gasteiger partial charge in [0.2, 0.25) is 5.78 Å². The summed E-state index contributed by atoms with van der Waals surface area (Å²) in [6, 6.07) is 20.0. The molecule has 1 atom stereocenters. The number of methoxy groups -OCH3 is 1. The van der Waals surface area contributed by atoms with E-state index in [0.29, 0.717) is 24.2 Å². The number of hydrogen-bond donors (Lipinski definition) is 0. The Kier molecular flexibility index (Phi) is 6.70. The van der Waals surface area contributed by atoms with Gasteiger partial charge in [-0.1, -0.05) is 48.5 Å². The van der Waals surface area contributed by atoms with Gasteiger partial charge in [0.05, 0.1) is 18.4 Å². The lowest BCUT2D eigenvalue weighted by atomic mass is 10.0.